The molecule has 0 radical (unpaired) electrons. The number of halogens is 1. The van der Waals surface area contributed by atoms with Crippen LogP contribution in [0.2, 0.25) is 0 Å². The molecule has 0 bridgehead atoms. The van der Waals surface area contributed by atoms with Crippen molar-refractivity contribution in [1.82, 2.24) is 0 Å². The Bertz CT molecular complexity index is 319. The highest BCUT2D eigenvalue weighted by Crippen LogP contribution is 2.27. The van der Waals surface area contributed by atoms with Gasteiger partial charge in [-0.05, 0) is 31.4 Å². The van der Waals surface area contributed by atoms with E-state index >= 15 is 0 Å². The number of piperidine rings is 1. The second-order valence-corrected chi connectivity index (χ2v) is 3.72. The highest BCUT2D eigenvalue weighted by Gasteiger charge is 2.14. The van der Waals surface area contributed by atoms with Crippen molar-refractivity contribution in [3.8, 4) is 0 Å². The minimum Gasteiger partial charge on any atom is -0.395 e. The van der Waals surface area contributed by atoms with E-state index in [-0.39, 0.29) is 11.5 Å². The van der Waals surface area contributed by atoms with E-state index in [1.54, 1.807) is 6.07 Å². The average Bonchev–Trinajstić information content (AvgIpc) is 2.23. The molecule has 0 amide bonds. The Morgan fingerprint density at radius 2 is 1.86 bits per heavy atom. The molecule has 14 heavy (non-hydrogen) atoms. The molecule has 0 aliphatic carbocycles. The van der Waals surface area contributed by atoms with E-state index in [9.17, 15) is 4.39 Å². The number of nitrogens with zero attached hydrogens (tertiary/aromatic N) is 1. The number of hydrogen-bond acceptors (Lipinski definition) is 2. The first-order valence-corrected chi connectivity index (χ1v) is 5.08. The van der Waals surface area contributed by atoms with Gasteiger partial charge >= 0.3 is 0 Å². The summed E-state index contributed by atoms with van der Waals surface area (Å²) >= 11 is 0. The van der Waals surface area contributed by atoms with Gasteiger partial charge in [-0.15, -0.1) is 0 Å². The number of hydrogen-bond donors (Lipinski definition) is 1. The molecule has 1 aliphatic heterocycles. The largest absolute Gasteiger partial charge is 0.395 e. The molecule has 1 fully saturated rings. The summed E-state index contributed by atoms with van der Waals surface area (Å²) in [6.45, 7) is 1.99. The van der Waals surface area contributed by atoms with Crippen molar-refractivity contribution < 1.29 is 4.39 Å². The molecule has 1 aliphatic rings. The predicted molar refractivity (Wildman–Crippen MR) is 56.9 cm³/mol. The first-order chi connectivity index (χ1) is 6.79. The van der Waals surface area contributed by atoms with Gasteiger partial charge in [-0.2, -0.15) is 0 Å². The van der Waals surface area contributed by atoms with Crippen LogP contribution in [0.1, 0.15) is 19.3 Å². The lowest BCUT2D eigenvalue weighted by Crippen LogP contribution is -2.30. The first kappa shape index (κ1) is 9.31. The molecule has 0 saturated carbocycles. The summed E-state index contributed by atoms with van der Waals surface area (Å²) in [6.07, 6.45) is 3.62. The Labute approximate surface area is 83.5 Å². The quantitative estimate of drug-likeness (QED) is 0.695. The third-order valence-corrected chi connectivity index (χ3v) is 2.73. The predicted octanol–water partition coefficient (Wildman–Crippen LogP) is 2.40. The van der Waals surface area contributed by atoms with Gasteiger partial charge < -0.3 is 10.6 Å². The molecule has 0 atom stereocenters. The Morgan fingerprint density at radius 3 is 2.57 bits per heavy atom. The number of para-hydroxylation sites is 1. The van der Waals surface area contributed by atoms with Gasteiger partial charge in [-0.3, -0.25) is 0 Å². The van der Waals surface area contributed by atoms with E-state index in [4.69, 9.17) is 5.73 Å². The molecule has 0 spiro atoms. The molecule has 0 aromatic heterocycles. The van der Waals surface area contributed by atoms with Gasteiger partial charge in [0, 0.05) is 13.1 Å². The molecule has 1 heterocycles. The van der Waals surface area contributed by atoms with Gasteiger partial charge in [-0.25, -0.2) is 4.39 Å². The third kappa shape index (κ3) is 1.67. The lowest BCUT2D eigenvalue weighted by atomic mass is 10.1. The van der Waals surface area contributed by atoms with E-state index in [1.807, 2.05) is 6.07 Å². The number of nitrogens with two attached hydrogens (primary N) is 1. The zero-order chi connectivity index (χ0) is 9.97. The van der Waals surface area contributed by atoms with Crippen molar-refractivity contribution in [3.05, 3.63) is 24.0 Å². The Morgan fingerprint density at radius 1 is 1.14 bits per heavy atom. The summed E-state index contributed by atoms with van der Waals surface area (Å²) in [5.74, 6) is -0.312. The fraction of sp³-hybridized carbons (Fsp3) is 0.455. The minimum atomic E-state index is -0.312. The van der Waals surface area contributed by atoms with E-state index < -0.39 is 0 Å². The maximum absolute atomic E-state index is 13.2. The summed E-state index contributed by atoms with van der Waals surface area (Å²) in [6, 6.07) is 5.02. The van der Waals surface area contributed by atoms with Crippen molar-refractivity contribution in [3.63, 3.8) is 0 Å². The van der Waals surface area contributed by atoms with Crippen molar-refractivity contribution >= 4 is 11.4 Å². The molecule has 2 nitrogen and oxygen atoms in total. The molecule has 0 unspecified atom stereocenters. The first-order valence-electron chi connectivity index (χ1n) is 5.08. The molecular formula is C11H15FN2. The topological polar surface area (TPSA) is 29.3 Å². The van der Waals surface area contributed by atoms with Crippen LogP contribution in [-0.4, -0.2) is 13.1 Å². The fourth-order valence-electron chi connectivity index (χ4n) is 1.94. The van der Waals surface area contributed by atoms with E-state index in [1.165, 1.54) is 25.3 Å². The second-order valence-electron chi connectivity index (χ2n) is 3.72. The van der Waals surface area contributed by atoms with E-state index in [0.29, 0.717) is 0 Å². The van der Waals surface area contributed by atoms with Crippen molar-refractivity contribution in [2.75, 3.05) is 23.7 Å². The summed E-state index contributed by atoms with van der Waals surface area (Å²) in [4.78, 5) is 2.17. The fourth-order valence-corrected chi connectivity index (χ4v) is 1.94. The van der Waals surface area contributed by atoms with Gasteiger partial charge in [0.2, 0.25) is 0 Å². The van der Waals surface area contributed by atoms with Crippen LogP contribution in [-0.2, 0) is 0 Å². The van der Waals surface area contributed by atoms with Gasteiger partial charge in [0.15, 0.2) is 0 Å². The molecule has 3 heteroatoms. The number of rotatable bonds is 1. The van der Waals surface area contributed by atoms with Crippen LogP contribution in [0.3, 0.4) is 0 Å². The average molecular weight is 194 g/mol. The zero-order valence-electron chi connectivity index (χ0n) is 8.17. The molecule has 76 valence electrons. The lowest BCUT2D eigenvalue weighted by molar-refractivity contribution is 0.575. The molecule has 1 saturated heterocycles. The number of nitrogen functional groups attached to an aromatic ring is 1. The van der Waals surface area contributed by atoms with Crippen LogP contribution in [0, 0.1) is 5.82 Å². The van der Waals surface area contributed by atoms with Crippen molar-refractivity contribution in [1.29, 1.82) is 0 Å². The SMILES string of the molecule is Nc1c(F)cccc1N1CCCCC1. The highest BCUT2D eigenvalue weighted by molar-refractivity contribution is 5.68. The number of benzene rings is 1. The van der Waals surface area contributed by atoms with Crippen LogP contribution in [0.25, 0.3) is 0 Å². The molecule has 1 aromatic carbocycles. The Balaban J connectivity index is 2.26. The second kappa shape index (κ2) is 3.86. The summed E-state index contributed by atoms with van der Waals surface area (Å²) < 4.78 is 13.2. The van der Waals surface area contributed by atoms with Crippen LogP contribution in [0.15, 0.2) is 18.2 Å². The summed E-state index contributed by atoms with van der Waals surface area (Å²) in [5, 5.41) is 0. The number of anilines is 2. The smallest absolute Gasteiger partial charge is 0.148 e. The molecule has 1 aromatic rings. The molecule has 2 rings (SSSR count). The monoisotopic (exact) mass is 194 g/mol. The van der Waals surface area contributed by atoms with Crippen molar-refractivity contribution in [2.45, 2.75) is 19.3 Å². The van der Waals surface area contributed by atoms with Gasteiger partial charge in [0.25, 0.3) is 0 Å². The molecular weight excluding hydrogens is 179 g/mol. The van der Waals surface area contributed by atoms with Crippen LogP contribution >= 0.6 is 0 Å². The van der Waals surface area contributed by atoms with Gasteiger partial charge in [-0.1, -0.05) is 6.07 Å². The zero-order valence-corrected chi connectivity index (χ0v) is 8.17. The normalized spacial score (nSPS) is 17.1. The summed E-state index contributed by atoms with van der Waals surface area (Å²) in [5.41, 5.74) is 6.83. The van der Waals surface area contributed by atoms with E-state index in [2.05, 4.69) is 4.90 Å². The maximum atomic E-state index is 13.2. The lowest BCUT2D eigenvalue weighted by Gasteiger charge is -2.29. The van der Waals surface area contributed by atoms with Crippen LogP contribution in [0.5, 0.6) is 0 Å². The Kier molecular flexibility index (Phi) is 2.57. The minimum absolute atomic E-state index is 0.286. The molecule has 2 N–H and O–H groups in total. The van der Waals surface area contributed by atoms with Gasteiger partial charge in [0.05, 0.1) is 11.4 Å². The Hall–Kier alpha value is -1.25. The maximum Gasteiger partial charge on any atom is 0.148 e. The van der Waals surface area contributed by atoms with Crippen LogP contribution < -0.4 is 10.6 Å². The summed E-state index contributed by atoms with van der Waals surface area (Å²) in [7, 11) is 0. The standard InChI is InChI=1S/C11H15FN2/c12-9-5-4-6-10(11(9)13)14-7-2-1-3-8-14/h4-6H,1-3,7-8,13H2. The third-order valence-electron chi connectivity index (χ3n) is 2.73. The van der Waals surface area contributed by atoms with E-state index in [0.717, 1.165) is 18.8 Å². The van der Waals surface area contributed by atoms with Crippen LogP contribution in [0.4, 0.5) is 15.8 Å². The highest BCUT2D eigenvalue weighted by atomic mass is 19.1. The van der Waals surface area contributed by atoms with Gasteiger partial charge in [0.1, 0.15) is 5.82 Å². The van der Waals surface area contributed by atoms with Crippen molar-refractivity contribution in [2.24, 2.45) is 0 Å².